The van der Waals surface area contributed by atoms with Gasteiger partial charge in [0.1, 0.15) is 17.9 Å². The van der Waals surface area contributed by atoms with Gasteiger partial charge in [-0.3, -0.25) is 9.59 Å². The number of methoxy groups -OCH3 is 2. The predicted octanol–water partition coefficient (Wildman–Crippen LogP) is 6.04. The van der Waals surface area contributed by atoms with E-state index in [-0.39, 0.29) is 30.1 Å². The highest BCUT2D eigenvalue weighted by Gasteiger charge is 2.40. The second kappa shape index (κ2) is 10.1. The fourth-order valence-electron chi connectivity index (χ4n) is 4.77. The summed E-state index contributed by atoms with van der Waals surface area (Å²) < 4.78 is 11.1. The van der Waals surface area contributed by atoms with Crippen LogP contribution in [0.2, 0.25) is 0 Å². The van der Waals surface area contributed by atoms with Gasteiger partial charge in [-0.15, -0.1) is 0 Å². The Hall–Kier alpha value is -3.02. The number of ether oxygens (including phenoxy) is 2. The molecule has 184 valence electrons. The molecule has 1 N–H and O–H groups in total. The number of hydrogen-bond donors (Lipinski definition) is 1. The zero-order valence-corrected chi connectivity index (χ0v) is 21.7. The van der Waals surface area contributed by atoms with Gasteiger partial charge >= 0.3 is 0 Å². The molecular formula is C28H38N2O4. The number of benzene rings is 2. The van der Waals surface area contributed by atoms with Crippen molar-refractivity contribution in [2.24, 2.45) is 0 Å². The van der Waals surface area contributed by atoms with Gasteiger partial charge in [-0.05, 0) is 61.3 Å². The lowest BCUT2D eigenvalue weighted by Crippen LogP contribution is -2.51. The molecule has 1 aliphatic heterocycles. The Morgan fingerprint density at radius 1 is 1.03 bits per heavy atom. The number of rotatable bonds is 7. The molecule has 2 aromatic carbocycles. The summed E-state index contributed by atoms with van der Waals surface area (Å²) >= 11 is 0. The van der Waals surface area contributed by atoms with Crippen molar-refractivity contribution >= 4 is 23.2 Å². The number of fused-ring (bicyclic) bond motifs is 1. The molecule has 1 aliphatic rings. The molecular weight excluding hydrogens is 428 g/mol. The van der Waals surface area contributed by atoms with Crippen LogP contribution in [0.3, 0.4) is 0 Å². The van der Waals surface area contributed by atoms with Gasteiger partial charge in [0.2, 0.25) is 11.8 Å². The third-order valence-electron chi connectivity index (χ3n) is 6.62. The van der Waals surface area contributed by atoms with E-state index in [0.29, 0.717) is 11.5 Å². The largest absolute Gasteiger partial charge is 0.497 e. The number of amides is 2. The van der Waals surface area contributed by atoms with E-state index < -0.39 is 5.54 Å². The second-order valence-electron chi connectivity index (χ2n) is 10.2. The smallest absolute Gasteiger partial charge is 0.237 e. The van der Waals surface area contributed by atoms with E-state index in [1.165, 1.54) is 0 Å². The number of nitrogens with one attached hydrogen (secondary N) is 1. The van der Waals surface area contributed by atoms with Gasteiger partial charge in [-0.25, -0.2) is 0 Å². The summed E-state index contributed by atoms with van der Waals surface area (Å²) in [6, 6.07) is 9.83. The molecule has 0 fully saturated rings. The zero-order chi connectivity index (χ0) is 25.2. The number of para-hydroxylation sites is 1. The fourth-order valence-corrected chi connectivity index (χ4v) is 4.77. The van der Waals surface area contributed by atoms with Crippen molar-refractivity contribution in [3.8, 4) is 11.5 Å². The maximum absolute atomic E-state index is 13.6. The Balaban J connectivity index is 1.93. The lowest BCUT2D eigenvalue weighted by atomic mass is 9.86. The number of anilines is 2. The number of nitrogens with zero attached hydrogens (tertiary/aromatic N) is 1. The fraction of sp³-hybridized carbons (Fsp3) is 0.500. The van der Waals surface area contributed by atoms with Crippen LogP contribution in [0.25, 0.3) is 0 Å². The van der Waals surface area contributed by atoms with E-state index in [1.54, 1.807) is 25.2 Å². The lowest BCUT2D eigenvalue weighted by Gasteiger charge is -2.44. The van der Waals surface area contributed by atoms with Crippen LogP contribution in [0.15, 0.2) is 30.3 Å². The van der Waals surface area contributed by atoms with Crippen LogP contribution in [-0.2, 0) is 16.0 Å². The molecule has 0 atom stereocenters. The Bertz CT molecular complexity index is 1030. The molecule has 0 radical (unpaired) electrons. The van der Waals surface area contributed by atoms with Crippen LogP contribution in [0.4, 0.5) is 11.4 Å². The average Bonchev–Trinajstić information content (AvgIpc) is 2.77. The molecule has 6 nitrogen and oxygen atoms in total. The lowest BCUT2D eigenvalue weighted by molar-refractivity contribution is -0.126. The van der Waals surface area contributed by atoms with Gasteiger partial charge in [0.05, 0.1) is 19.9 Å². The number of carbonyl (C=O) groups is 2. The van der Waals surface area contributed by atoms with Crippen molar-refractivity contribution in [3.05, 3.63) is 47.0 Å². The number of carbonyl (C=O) groups excluding carboxylic acids is 2. The third kappa shape index (κ3) is 5.06. The Morgan fingerprint density at radius 2 is 1.65 bits per heavy atom. The molecule has 0 aromatic heterocycles. The van der Waals surface area contributed by atoms with Crippen molar-refractivity contribution in [3.63, 3.8) is 0 Å². The maximum Gasteiger partial charge on any atom is 0.237 e. The molecule has 0 saturated carbocycles. The van der Waals surface area contributed by atoms with Gasteiger partial charge in [-0.2, -0.15) is 0 Å². The van der Waals surface area contributed by atoms with Crippen LogP contribution < -0.4 is 19.7 Å². The van der Waals surface area contributed by atoms with Crippen LogP contribution in [0.1, 0.15) is 82.9 Å². The minimum absolute atomic E-state index is 0.247. The molecule has 2 aromatic rings. The molecule has 3 rings (SSSR count). The summed E-state index contributed by atoms with van der Waals surface area (Å²) in [5.41, 5.74) is 4.23. The first kappa shape index (κ1) is 25.6. The maximum atomic E-state index is 13.6. The van der Waals surface area contributed by atoms with Gasteiger partial charge in [0.15, 0.2) is 0 Å². The molecule has 6 heteroatoms. The van der Waals surface area contributed by atoms with E-state index in [2.05, 4.69) is 33.0 Å². The minimum Gasteiger partial charge on any atom is -0.497 e. The highest BCUT2D eigenvalue weighted by Crippen LogP contribution is 2.45. The van der Waals surface area contributed by atoms with Crippen molar-refractivity contribution in [1.29, 1.82) is 0 Å². The molecule has 0 aliphatic carbocycles. The topological polar surface area (TPSA) is 67.9 Å². The predicted molar refractivity (Wildman–Crippen MR) is 137 cm³/mol. The highest BCUT2D eigenvalue weighted by molar-refractivity contribution is 6.11. The minimum atomic E-state index is -0.453. The van der Waals surface area contributed by atoms with Crippen LogP contribution in [0, 0.1) is 0 Å². The van der Waals surface area contributed by atoms with Gasteiger partial charge in [0.25, 0.3) is 0 Å². The normalized spacial score (nSPS) is 14.7. The van der Waals surface area contributed by atoms with Gasteiger partial charge < -0.3 is 19.7 Å². The van der Waals surface area contributed by atoms with E-state index >= 15 is 0 Å². The first-order valence-electron chi connectivity index (χ1n) is 12.0. The summed E-state index contributed by atoms with van der Waals surface area (Å²) in [5.74, 6) is 1.19. The summed E-state index contributed by atoms with van der Waals surface area (Å²) in [6.07, 6.45) is 1.32. The number of aryl methyl sites for hydroxylation is 1. The van der Waals surface area contributed by atoms with Crippen LogP contribution >= 0.6 is 0 Å². The molecule has 1 heterocycles. The summed E-state index contributed by atoms with van der Waals surface area (Å²) in [6.45, 7) is 12.5. The monoisotopic (exact) mass is 466 g/mol. The van der Waals surface area contributed by atoms with Crippen molar-refractivity contribution < 1.29 is 19.1 Å². The van der Waals surface area contributed by atoms with E-state index in [1.807, 2.05) is 38.1 Å². The first-order valence-corrected chi connectivity index (χ1v) is 12.0. The zero-order valence-electron chi connectivity index (χ0n) is 21.7. The Morgan fingerprint density at radius 3 is 2.18 bits per heavy atom. The first-order chi connectivity index (χ1) is 16.0. The Kier molecular flexibility index (Phi) is 7.59. The van der Waals surface area contributed by atoms with Crippen molar-refractivity contribution in [1.82, 2.24) is 0 Å². The summed E-state index contributed by atoms with van der Waals surface area (Å²) in [4.78, 5) is 28.5. The Labute approximate surface area is 203 Å². The average molecular weight is 467 g/mol. The SMILES string of the molecule is COc1cc2c(c(OC)c1)N(C(=O)CC(=O)Nc1c(C(C)C)cccc1C(C)C)C(C)(C)CC2. The van der Waals surface area contributed by atoms with Crippen LogP contribution in [-0.4, -0.2) is 31.6 Å². The highest BCUT2D eigenvalue weighted by atomic mass is 16.5. The summed E-state index contributed by atoms with van der Waals surface area (Å²) in [5, 5.41) is 3.07. The van der Waals surface area contributed by atoms with E-state index in [0.717, 1.165) is 40.9 Å². The number of hydrogen-bond acceptors (Lipinski definition) is 4. The van der Waals surface area contributed by atoms with Crippen molar-refractivity contribution in [2.45, 2.75) is 78.2 Å². The quantitative estimate of drug-likeness (QED) is 0.505. The van der Waals surface area contributed by atoms with Crippen LogP contribution in [0.5, 0.6) is 11.5 Å². The van der Waals surface area contributed by atoms with Gasteiger partial charge in [0, 0.05) is 17.3 Å². The standard InChI is InChI=1S/C28H38N2O4/c1-17(2)21-10-9-11-22(18(3)4)26(21)29-24(31)16-25(32)30-27-19(12-13-28(30,5)6)14-20(33-7)15-23(27)34-8/h9-11,14-15,17-18H,12-13,16H2,1-8H3,(H,29,31). The molecule has 0 bridgehead atoms. The van der Waals surface area contributed by atoms with E-state index in [4.69, 9.17) is 9.47 Å². The van der Waals surface area contributed by atoms with Crippen molar-refractivity contribution in [2.75, 3.05) is 24.4 Å². The second-order valence-corrected chi connectivity index (χ2v) is 10.2. The van der Waals surface area contributed by atoms with Gasteiger partial charge in [-0.1, -0.05) is 45.9 Å². The van der Waals surface area contributed by atoms with E-state index in [9.17, 15) is 9.59 Å². The molecule has 2 amide bonds. The molecule has 0 spiro atoms. The molecule has 0 unspecified atom stereocenters. The molecule has 34 heavy (non-hydrogen) atoms. The molecule has 0 saturated heterocycles. The summed E-state index contributed by atoms with van der Waals surface area (Å²) in [7, 11) is 3.20. The third-order valence-corrected chi connectivity index (χ3v) is 6.62.